The van der Waals surface area contributed by atoms with E-state index in [4.69, 9.17) is 4.74 Å². The van der Waals surface area contributed by atoms with Gasteiger partial charge in [-0.3, -0.25) is 4.79 Å². The Morgan fingerprint density at radius 1 is 1.39 bits per heavy atom. The van der Waals surface area contributed by atoms with Gasteiger partial charge < -0.3 is 10.1 Å². The molecule has 93 valence electrons. The zero-order valence-electron chi connectivity index (χ0n) is 9.57. The van der Waals surface area contributed by atoms with E-state index in [0.29, 0.717) is 22.3 Å². The Kier molecular flexibility index (Phi) is 3.66. The SMILES string of the molecule is COc1ccc(C(=O)C2=C(CBr)NC(=O)[N]2)cc1. The normalized spacial score (nSPS) is 14.2. The monoisotopic (exact) mass is 309 g/mol. The summed E-state index contributed by atoms with van der Waals surface area (Å²) in [6, 6.07) is 6.13. The lowest BCUT2D eigenvalue weighted by atomic mass is 10.1. The van der Waals surface area contributed by atoms with Crippen LogP contribution in [0.5, 0.6) is 5.75 Å². The second-order valence-electron chi connectivity index (χ2n) is 3.56. The van der Waals surface area contributed by atoms with E-state index in [1.807, 2.05) is 0 Å². The van der Waals surface area contributed by atoms with Gasteiger partial charge in [0.2, 0.25) is 5.78 Å². The predicted octanol–water partition coefficient (Wildman–Crippen LogP) is 1.81. The van der Waals surface area contributed by atoms with Gasteiger partial charge in [0.05, 0.1) is 12.8 Å². The molecule has 0 aromatic heterocycles. The maximum atomic E-state index is 12.2. The van der Waals surface area contributed by atoms with Gasteiger partial charge in [-0.15, -0.1) is 0 Å². The van der Waals surface area contributed by atoms with Crippen molar-refractivity contribution in [3.63, 3.8) is 0 Å². The summed E-state index contributed by atoms with van der Waals surface area (Å²) >= 11 is 3.20. The van der Waals surface area contributed by atoms with E-state index in [-0.39, 0.29) is 11.5 Å². The minimum Gasteiger partial charge on any atom is -0.497 e. The number of carbonyl (C=O) groups is 2. The van der Waals surface area contributed by atoms with Crippen LogP contribution in [0, 0.1) is 0 Å². The number of carbonyl (C=O) groups excluding carboxylic acids is 2. The molecule has 0 saturated heterocycles. The summed E-state index contributed by atoms with van der Waals surface area (Å²) in [5.41, 5.74) is 1.10. The van der Waals surface area contributed by atoms with Crippen LogP contribution in [0.15, 0.2) is 35.7 Å². The van der Waals surface area contributed by atoms with Gasteiger partial charge in [0.15, 0.2) is 0 Å². The zero-order valence-corrected chi connectivity index (χ0v) is 11.2. The number of nitrogens with zero attached hydrogens (tertiary/aromatic N) is 1. The van der Waals surface area contributed by atoms with Crippen LogP contribution in [0.4, 0.5) is 4.79 Å². The van der Waals surface area contributed by atoms with Crippen LogP contribution >= 0.6 is 15.9 Å². The molecule has 0 saturated carbocycles. The quantitative estimate of drug-likeness (QED) is 0.681. The van der Waals surface area contributed by atoms with Gasteiger partial charge in [-0.05, 0) is 24.3 Å². The van der Waals surface area contributed by atoms with Gasteiger partial charge in [0, 0.05) is 10.9 Å². The second kappa shape index (κ2) is 5.22. The molecule has 1 aromatic carbocycles. The van der Waals surface area contributed by atoms with E-state index < -0.39 is 6.03 Å². The van der Waals surface area contributed by atoms with E-state index in [9.17, 15) is 9.59 Å². The highest BCUT2D eigenvalue weighted by Gasteiger charge is 2.27. The number of Topliss-reactive ketones (excluding diaryl/α,β-unsaturated/α-hetero) is 1. The largest absolute Gasteiger partial charge is 0.497 e. The van der Waals surface area contributed by atoms with Crippen molar-refractivity contribution in [1.29, 1.82) is 0 Å². The number of hydrogen-bond acceptors (Lipinski definition) is 3. The number of halogens is 1. The highest BCUT2D eigenvalue weighted by atomic mass is 79.9. The van der Waals surface area contributed by atoms with Crippen molar-refractivity contribution in [2.75, 3.05) is 12.4 Å². The Balaban J connectivity index is 2.27. The molecule has 1 aliphatic heterocycles. The number of ether oxygens (including phenoxy) is 1. The summed E-state index contributed by atoms with van der Waals surface area (Å²) in [4.78, 5) is 23.3. The lowest BCUT2D eigenvalue weighted by Gasteiger charge is -2.03. The minimum atomic E-state index is -0.513. The molecule has 18 heavy (non-hydrogen) atoms. The van der Waals surface area contributed by atoms with E-state index in [2.05, 4.69) is 26.6 Å². The number of ketones is 1. The molecule has 1 aromatic rings. The molecule has 0 spiro atoms. The van der Waals surface area contributed by atoms with E-state index in [1.165, 1.54) is 0 Å². The molecule has 2 rings (SSSR count). The Morgan fingerprint density at radius 3 is 2.61 bits per heavy atom. The number of rotatable bonds is 4. The molecule has 0 unspecified atom stereocenters. The number of benzene rings is 1. The van der Waals surface area contributed by atoms with E-state index >= 15 is 0 Å². The second-order valence-corrected chi connectivity index (χ2v) is 4.12. The Bertz CT molecular complexity index is 523. The van der Waals surface area contributed by atoms with Crippen molar-refractivity contribution in [2.45, 2.75) is 0 Å². The van der Waals surface area contributed by atoms with Gasteiger partial charge in [-0.2, -0.15) is 5.32 Å². The molecule has 1 heterocycles. The number of amides is 2. The molecule has 5 nitrogen and oxygen atoms in total. The third-order valence-electron chi connectivity index (χ3n) is 2.46. The summed E-state index contributed by atoms with van der Waals surface area (Å²) in [5.74, 6) is 0.379. The fourth-order valence-electron chi connectivity index (χ4n) is 1.55. The van der Waals surface area contributed by atoms with E-state index in [1.54, 1.807) is 31.4 Å². The summed E-state index contributed by atoms with van der Waals surface area (Å²) in [5, 5.41) is 6.56. The van der Waals surface area contributed by atoms with Crippen LogP contribution in [-0.4, -0.2) is 24.3 Å². The minimum absolute atomic E-state index is 0.155. The smallest absolute Gasteiger partial charge is 0.345 e. The van der Waals surface area contributed by atoms with Crippen LogP contribution in [0.1, 0.15) is 10.4 Å². The summed E-state index contributed by atoms with van der Waals surface area (Å²) in [7, 11) is 1.55. The molecular weight excluding hydrogens is 300 g/mol. The van der Waals surface area contributed by atoms with Gasteiger partial charge in [0.25, 0.3) is 0 Å². The van der Waals surface area contributed by atoms with Crippen LogP contribution in [0.3, 0.4) is 0 Å². The lowest BCUT2D eigenvalue weighted by molar-refractivity contribution is 0.102. The fourth-order valence-corrected chi connectivity index (χ4v) is 1.95. The maximum absolute atomic E-state index is 12.2. The third-order valence-corrected chi connectivity index (χ3v) is 3.02. The van der Waals surface area contributed by atoms with Crippen molar-refractivity contribution in [3.05, 3.63) is 41.2 Å². The molecule has 0 atom stereocenters. The number of urea groups is 1. The molecule has 0 aliphatic carbocycles. The number of alkyl halides is 1. The molecule has 6 heteroatoms. The first-order chi connectivity index (χ1) is 8.65. The van der Waals surface area contributed by atoms with Crippen LogP contribution in [-0.2, 0) is 0 Å². The fraction of sp³-hybridized carbons (Fsp3) is 0.167. The molecular formula is C12H10BrN2O3. The van der Waals surface area contributed by atoms with Crippen molar-refractivity contribution in [3.8, 4) is 5.75 Å². The Morgan fingerprint density at radius 2 is 2.06 bits per heavy atom. The van der Waals surface area contributed by atoms with Crippen molar-refractivity contribution in [2.24, 2.45) is 0 Å². The standard InChI is InChI=1S/C12H10BrN2O3/c1-18-8-4-2-7(3-5-8)11(16)10-9(6-13)14-12(17)15-10/h2-5H,6H2,1H3,(H,14,17). The molecule has 0 bridgehead atoms. The highest BCUT2D eigenvalue weighted by molar-refractivity contribution is 9.09. The summed E-state index contributed by atoms with van der Waals surface area (Å²) in [6.07, 6.45) is 0. The third kappa shape index (κ3) is 2.38. The number of methoxy groups -OCH3 is 1. The first kappa shape index (κ1) is 12.6. The van der Waals surface area contributed by atoms with Crippen LogP contribution in [0.2, 0.25) is 0 Å². The zero-order chi connectivity index (χ0) is 13.1. The number of hydrogen-bond donors (Lipinski definition) is 1. The van der Waals surface area contributed by atoms with Crippen molar-refractivity contribution < 1.29 is 14.3 Å². The summed E-state index contributed by atoms with van der Waals surface area (Å²) < 4.78 is 5.01. The van der Waals surface area contributed by atoms with Crippen molar-refractivity contribution in [1.82, 2.24) is 10.6 Å². The molecule has 1 N–H and O–H groups in total. The molecule has 2 amide bonds. The van der Waals surface area contributed by atoms with E-state index in [0.717, 1.165) is 0 Å². The van der Waals surface area contributed by atoms with Gasteiger partial charge >= 0.3 is 6.03 Å². The van der Waals surface area contributed by atoms with Gasteiger partial charge in [-0.25, -0.2) is 4.79 Å². The topological polar surface area (TPSA) is 69.5 Å². The predicted molar refractivity (Wildman–Crippen MR) is 68.8 cm³/mol. The van der Waals surface area contributed by atoms with Crippen LogP contribution in [0.25, 0.3) is 0 Å². The Hall–Kier alpha value is -1.82. The number of nitrogens with one attached hydrogen (secondary N) is 1. The average molecular weight is 310 g/mol. The molecule has 1 aliphatic rings. The summed E-state index contributed by atoms with van der Waals surface area (Å²) in [6.45, 7) is 0. The average Bonchev–Trinajstić information content (AvgIpc) is 2.79. The Labute approximate surface area is 112 Å². The lowest BCUT2D eigenvalue weighted by Crippen LogP contribution is -2.19. The first-order valence-corrected chi connectivity index (χ1v) is 6.28. The van der Waals surface area contributed by atoms with Gasteiger partial charge in [-0.1, -0.05) is 15.9 Å². The maximum Gasteiger partial charge on any atom is 0.345 e. The van der Waals surface area contributed by atoms with Crippen molar-refractivity contribution >= 4 is 27.7 Å². The highest BCUT2D eigenvalue weighted by Crippen LogP contribution is 2.18. The molecule has 1 radical (unpaired) electrons. The first-order valence-electron chi connectivity index (χ1n) is 5.16. The number of allylic oxidation sites excluding steroid dienone is 2. The van der Waals surface area contributed by atoms with Crippen LogP contribution < -0.4 is 15.4 Å². The molecule has 0 fully saturated rings. The van der Waals surface area contributed by atoms with Gasteiger partial charge in [0.1, 0.15) is 11.4 Å².